The highest BCUT2D eigenvalue weighted by Gasteiger charge is 2.25. The van der Waals surface area contributed by atoms with Gasteiger partial charge >= 0.3 is 5.97 Å². The first-order chi connectivity index (χ1) is 6.18. The van der Waals surface area contributed by atoms with Crippen LogP contribution < -0.4 is 5.32 Å². The maximum atomic E-state index is 10.7. The van der Waals surface area contributed by atoms with E-state index in [9.17, 15) is 4.79 Å². The summed E-state index contributed by atoms with van der Waals surface area (Å²) >= 11 is 0. The van der Waals surface area contributed by atoms with E-state index in [1.807, 2.05) is 11.6 Å². The number of imidazole rings is 1. The van der Waals surface area contributed by atoms with Crippen LogP contribution in [0.15, 0.2) is 6.33 Å². The highest BCUT2D eigenvalue weighted by Crippen LogP contribution is 2.14. The molecule has 1 aromatic rings. The van der Waals surface area contributed by atoms with Gasteiger partial charge in [0.1, 0.15) is 6.04 Å². The van der Waals surface area contributed by atoms with Crippen molar-refractivity contribution in [2.24, 2.45) is 7.05 Å². The van der Waals surface area contributed by atoms with Crippen LogP contribution in [-0.4, -0.2) is 26.7 Å². The Morgan fingerprint density at radius 2 is 2.50 bits per heavy atom. The maximum Gasteiger partial charge on any atom is 0.321 e. The number of hydrogen-bond donors (Lipinski definition) is 2. The molecule has 0 amide bonds. The maximum absolute atomic E-state index is 10.7. The number of fused-ring (bicyclic) bond motifs is 1. The first-order valence-corrected chi connectivity index (χ1v) is 4.13. The summed E-state index contributed by atoms with van der Waals surface area (Å²) in [6, 6.07) is -0.484. The van der Waals surface area contributed by atoms with E-state index in [1.165, 1.54) is 0 Å². The second-order valence-corrected chi connectivity index (χ2v) is 3.22. The van der Waals surface area contributed by atoms with Gasteiger partial charge in [0, 0.05) is 20.0 Å². The molecular formula is C8H12ClN3O2. The lowest BCUT2D eigenvalue weighted by atomic mass is 10.1. The van der Waals surface area contributed by atoms with Gasteiger partial charge in [-0.2, -0.15) is 0 Å². The van der Waals surface area contributed by atoms with Gasteiger partial charge in [0.25, 0.3) is 0 Å². The molecule has 1 aliphatic heterocycles. The van der Waals surface area contributed by atoms with Gasteiger partial charge in [-0.05, 0) is 0 Å². The minimum atomic E-state index is -0.809. The Balaban J connectivity index is 0.000000980. The molecule has 0 aliphatic carbocycles. The highest BCUT2D eigenvalue weighted by atomic mass is 35.5. The first-order valence-electron chi connectivity index (χ1n) is 4.13. The minimum Gasteiger partial charge on any atom is -0.480 e. The Morgan fingerprint density at radius 3 is 3.14 bits per heavy atom. The predicted molar refractivity (Wildman–Crippen MR) is 52.4 cm³/mol. The van der Waals surface area contributed by atoms with E-state index < -0.39 is 12.0 Å². The number of hydrogen-bond acceptors (Lipinski definition) is 3. The van der Waals surface area contributed by atoms with Gasteiger partial charge in [-0.25, -0.2) is 4.98 Å². The van der Waals surface area contributed by atoms with Gasteiger partial charge in [-0.15, -0.1) is 12.4 Å². The second kappa shape index (κ2) is 3.98. The molecule has 6 heteroatoms. The van der Waals surface area contributed by atoms with Crippen molar-refractivity contribution in [3.8, 4) is 0 Å². The number of rotatable bonds is 1. The summed E-state index contributed by atoms with van der Waals surface area (Å²) in [5.74, 6) is -0.809. The van der Waals surface area contributed by atoms with Crippen LogP contribution in [0.3, 0.4) is 0 Å². The minimum absolute atomic E-state index is 0. The third-order valence-corrected chi connectivity index (χ3v) is 2.36. The third kappa shape index (κ3) is 1.73. The summed E-state index contributed by atoms with van der Waals surface area (Å²) in [5, 5.41) is 11.7. The van der Waals surface area contributed by atoms with Crippen LogP contribution in [0.1, 0.15) is 11.4 Å². The fourth-order valence-corrected chi connectivity index (χ4v) is 1.56. The lowest BCUT2D eigenvalue weighted by Crippen LogP contribution is -2.42. The first kappa shape index (κ1) is 11.0. The molecule has 1 aliphatic rings. The SMILES string of the molecule is Cl.Cn1cnc2c1CN[C@H](C(=O)O)C2. The number of nitrogens with one attached hydrogen (secondary N) is 1. The molecule has 0 spiro atoms. The van der Waals surface area contributed by atoms with E-state index in [4.69, 9.17) is 5.11 Å². The van der Waals surface area contributed by atoms with Crippen molar-refractivity contribution in [1.82, 2.24) is 14.9 Å². The Labute approximate surface area is 87.5 Å². The topological polar surface area (TPSA) is 67.2 Å². The number of aromatic nitrogens is 2. The zero-order valence-electron chi connectivity index (χ0n) is 7.73. The monoisotopic (exact) mass is 217 g/mol. The number of carboxylic acids is 1. The summed E-state index contributed by atoms with van der Waals surface area (Å²) in [5.41, 5.74) is 1.98. The van der Waals surface area contributed by atoms with Crippen molar-refractivity contribution >= 4 is 18.4 Å². The van der Waals surface area contributed by atoms with E-state index in [-0.39, 0.29) is 12.4 Å². The van der Waals surface area contributed by atoms with E-state index in [0.29, 0.717) is 13.0 Å². The smallest absolute Gasteiger partial charge is 0.321 e. The fraction of sp³-hybridized carbons (Fsp3) is 0.500. The van der Waals surface area contributed by atoms with Crippen molar-refractivity contribution in [1.29, 1.82) is 0 Å². The van der Waals surface area contributed by atoms with Crippen LogP contribution >= 0.6 is 12.4 Å². The van der Waals surface area contributed by atoms with Gasteiger partial charge in [-0.1, -0.05) is 0 Å². The number of carbonyl (C=O) groups is 1. The average Bonchev–Trinajstić information content (AvgIpc) is 2.47. The van der Waals surface area contributed by atoms with Crippen LogP contribution in [0.4, 0.5) is 0 Å². The van der Waals surface area contributed by atoms with Gasteiger partial charge in [-0.3, -0.25) is 10.1 Å². The van der Waals surface area contributed by atoms with Crippen LogP contribution in [0.5, 0.6) is 0 Å². The van der Waals surface area contributed by atoms with Crippen LogP contribution in [0.2, 0.25) is 0 Å². The lowest BCUT2D eigenvalue weighted by Gasteiger charge is -2.20. The summed E-state index contributed by atoms with van der Waals surface area (Å²) in [6.07, 6.45) is 2.20. The number of nitrogens with zero attached hydrogens (tertiary/aromatic N) is 2. The number of aryl methyl sites for hydroxylation is 1. The van der Waals surface area contributed by atoms with E-state index in [2.05, 4.69) is 10.3 Å². The Morgan fingerprint density at radius 1 is 1.79 bits per heavy atom. The summed E-state index contributed by atoms with van der Waals surface area (Å²) in [7, 11) is 1.91. The van der Waals surface area contributed by atoms with Crippen molar-refractivity contribution < 1.29 is 9.90 Å². The fourth-order valence-electron chi connectivity index (χ4n) is 1.56. The molecule has 78 valence electrons. The highest BCUT2D eigenvalue weighted by molar-refractivity contribution is 5.85. The van der Waals surface area contributed by atoms with E-state index in [0.717, 1.165) is 11.4 Å². The predicted octanol–water partition coefficient (Wildman–Crippen LogP) is -0.0592. The van der Waals surface area contributed by atoms with Crippen molar-refractivity contribution in [2.75, 3.05) is 0 Å². The third-order valence-electron chi connectivity index (χ3n) is 2.36. The zero-order valence-corrected chi connectivity index (χ0v) is 8.54. The Hall–Kier alpha value is -1.07. The number of carboxylic acid groups (broad SMARTS) is 1. The molecule has 0 saturated heterocycles. The number of aliphatic carboxylic acids is 1. The summed E-state index contributed by atoms with van der Waals surface area (Å²) in [4.78, 5) is 14.8. The molecule has 5 nitrogen and oxygen atoms in total. The molecule has 0 radical (unpaired) electrons. The second-order valence-electron chi connectivity index (χ2n) is 3.22. The number of halogens is 1. The molecule has 0 saturated carbocycles. The molecule has 2 heterocycles. The molecule has 1 atom stereocenters. The Kier molecular flexibility index (Phi) is 3.13. The van der Waals surface area contributed by atoms with Crippen molar-refractivity contribution in [2.45, 2.75) is 19.0 Å². The van der Waals surface area contributed by atoms with Crippen LogP contribution in [0, 0.1) is 0 Å². The Bertz CT molecular complexity index is 350. The molecule has 1 aromatic heterocycles. The standard InChI is InChI=1S/C8H11N3O2.ClH/c1-11-4-10-5-2-6(8(12)13)9-3-7(5)11;/h4,6,9H,2-3H2,1H3,(H,12,13);1H/t6-;/m0./s1. The molecule has 2 N–H and O–H groups in total. The molecule has 0 unspecified atom stereocenters. The molecule has 0 bridgehead atoms. The molecule has 0 fully saturated rings. The zero-order chi connectivity index (χ0) is 9.42. The van der Waals surface area contributed by atoms with Gasteiger partial charge < -0.3 is 9.67 Å². The summed E-state index contributed by atoms with van der Waals surface area (Å²) < 4.78 is 1.92. The molecule has 14 heavy (non-hydrogen) atoms. The average molecular weight is 218 g/mol. The normalized spacial score (nSPS) is 19.6. The van der Waals surface area contributed by atoms with Gasteiger partial charge in [0.15, 0.2) is 0 Å². The molecule has 2 rings (SSSR count). The van der Waals surface area contributed by atoms with Crippen molar-refractivity contribution in [3.05, 3.63) is 17.7 Å². The lowest BCUT2D eigenvalue weighted by molar-refractivity contribution is -0.139. The van der Waals surface area contributed by atoms with E-state index in [1.54, 1.807) is 6.33 Å². The molecule has 0 aromatic carbocycles. The molecular weight excluding hydrogens is 206 g/mol. The summed E-state index contributed by atoms with van der Waals surface area (Å²) in [6.45, 7) is 0.586. The van der Waals surface area contributed by atoms with E-state index >= 15 is 0 Å². The quantitative estimate of drug-likeness (QED) is 0.692. The van der Waals surface area contributed by atoms with Gasteiger partial charge in [0.05, 0.1) is 17.7 Å². The largest absolute Gasteiger partial charge is 0.480 e. The van der Waals surface area contributed by atoms with Crippen LogP contribution in [0.25, 0.3) is 0 Å². The van der Waals surface area contributed by atoms with Crippen LogP contribution in [-0.2, 0) is 24.8 Å². The van der Waals surface area contributed by atoms with Crippen molar-refractivity contribution in [3.63, 3.8) is 0 Å². The van der Waals surface area contributed by atoms with Gasteiger partial charge in [0.2, 0.25) is 0 Å².